The standard InChI is InChI=1S/C15H14ClNO2S/c1-2-12-17(14-6-4-3-5-7-14)20(18,19)15-10-8-13(16)9-11-15/h2-11H,1,12H2. The van der Waals surface area contributed by atoms with Crippen LogP contribution in [0.2, 0.25) is 5.02 Å². The fourth-order valence-corrected chi connectivity index (χ4v) is 3.35. The van der Waals surface area contributed by atoms with Gasteiger partial charge in [0.25, 0.3) is 10.0 Å². The van der Waals surface area contributed by atoms with E-state index in [9.17, 15) is 8.42 Å². The lowest BCUT2D eigenvalue weighted by Gasteiger charge is -2.23. The van der Waals surface area contributed by atoms with E-state index in [1.165, 1.54) is 16.4 Å². The Morgan fingerprint density at radius 1 is 1.05 bits per heavy atom. The largest absolute Gasteiger partial charge is 0.264 e. The van der Waals surface area contributed by atoms with Crippen molar-refractivity contribution in [3.05, 3.63) is 72.3 Å². The lowest BCUT2D eigenvalue weighted by molar-refractivity contribution is 0.593. The highest BCUT2D eigenvalue weighted by Crippen LogP contribution is 2.24. The summed E-state index contributed by atoms with van der Waals surface area (Å²) in [6.07, 6.45) is 1.56. The van der Waals surface area contributed by atoms with Crippen molar-refractivity contribution in [2.75, 3.05) is 10.8 Å². The van der Waals surface area contributed by atoms with Crippen LogP contribution in [-0.2, 0) is 10.0 Å². The van der Waals surface area contributed by atoms with Crippen LogP contribution in [0.1, 0.15) is 0 Å². The van der Waals surface area contributed by atoms with Crippen LogP contribution in [0.5, 0.6) is 0 Å². The summed E-state index contributed by atoms with van der Waals surface area (Å²) in [5.74, 6) is 0. The number of rotatable bonds is 5. The Labute approximate surface area is 124 Å². The second kappa shape index (κ2) is 6.11. The fourth-order valence-electron chi connectivity index (χ4n) is 1.79. The zero-order valence-electron chi connectivity index (χ0n) is 10.7. The van der Waals surface area contributed by atoms with Gasteiger partial charge in [0.1, 0.15) is 0 Å². The monoisotopic (exact) mass is 307 g/mol. The van der Waals surface area contributed by atoms with Crippen molar-refractivity contribution in [2.24, 2.45) is 0 Å². The van der Waals surface area contributed by atoms with Gasteiger partial charge >= 0.3 is 0 Å². The summed E-state index contributed by atoms with van der Waals surface area (Å²) in [5.41, 5.74) is 0.599. The second-order valence-corrected chi connectivity index (χ2v) is 6.41. The van der Waals surface area contributed by atoms with Gasteiger partial charge in [0, 0.05) is 5.02 Å². The molecule has 0 amide bonds. The molecule has 0 aliphatic heterocycles. The minimum atomic E-state index is -3.63. The van der Waals surface area contributed by atoms with E-state index in [0.717, 1.165) is 0 Å². The van der Waals surface area contributed by atoms with Gasteiger partial charge in [0.2, 0.25) is 0 Å². The van der Waals surface area contributed by atoms with E-state index in [1.807, 2.05) is 6.07 Å². The molecule has 2 rings (SSSR count). The molecule has 0 saturated heterocycles. The topological polar surface area (TPSA) is 37.4 Å². The smallest absolute Gasteiger partial charge is 0.263 e. The molecule has 0 saturated carbocycles. The normalized spacial score (nSPS) is 11.1. The van der Waals surface area contributed by atoms with Gasteiger partial charge in [-0.2, -0.15) is 0 Å². The summed E-state index contributed by atoms with van der Waals surface area (Å²) in [5, 5.41) is 0.499. The first-order valence-electron chi connectivity index (χ1n) is 6.00. The first-order chi connectivity index (χ1) is 9.55. The van der Waals surface area contributed by atoms with Crippen molar-refractivity contribution in [3.8, 4) is 0 Å². The van der Waals surface area contributed by atoms with Crippen LogP contribution < -0.4 is 4.31 Å². The SMILES string of the molecule is C=CCN(c1ccccc1)S(=O)(=O)c1ccc(Cl)cc1. The van der Waals surface area contributed by atoms with Crippen LogP contribution in [-0.4, -0.2) is 15.0 Å². The van der Waals surface area contributed by atoms with Gasteiger partial charge < -0.3 is 0 Å². The summed E-state index contributed by atoms with van der Waals surface area (Å²) in [6, 6.07) is 15.0. The van der Waals surface area contributed by atoms with E-state index in [1.54, 1.807) is 42.5 Å². The number of sulfonamides is 1. The van der Waals surface area contributed by atoms with Crippen molar-refractivity contribution in [3.63, 3.8) is 0 Å². The minimum absolute atomic E-state index is 0.201. The molecule has 0 aliphatic rings. The fraction of sp³-hybridized carbons (Fsp3) is 0.0667. The Morgan fingerprint density at radius 3 is 2.20 bits per heavy atom. The van der Waals surface area contributed by atoms with Gasteiger partial charge in [-0.25, -0.2) is 8.42 Å². The third kappa shape index (κ3) is 3.03. The Kier molecular flexibility index (Phi) is 4.47. The lowest BCUT2D eigenvalue weighted by Crippen LogP contribution is -2.31. The number of hydrogen-bond acceptors (Lipinski definition) is 2. The van der Waals surface area contributed by atoms with Gasteiger partial charge in [-0.05, 0) is 36.4 Å². The molecule has 0 aromatic heterocycles. The van der Waals surface area contributed by atoms with Gasteiger partial charge in [-0.3, -0.25) is 4.31 Å². The number of benzene rings is 2. The predicted molar refractivity (Wildman–Crippen MR) is 82.6 cm³/mol. The zero-order valence-corrected chi connectivity index (χ0v) is 12.3. The molecule has 2 aromatic rings. The maximum Gasteiger partial charge on any atom is 0.264 e. The third-order valence-corrected chi connectivity index (χ3v) is 4.80. The van der Waals surface area contributed by atoms with Gasteiger partial charge in [0.15, 0.2) is 0 Å². The molecule has 0 spiro atoms. The molecular formula is C15H14ClNO2S. The molecule has 0 N–H and O–H groups in total. The van der Waals surface area contributed by atoms with Crippen LogP contribution in [0.25, 0.3) is 0 Å². The molecule has 0 radical (unpaired) electrons. The highest BCUT2D eigenvalue weighted by molar-refractivity contribution is 7.92. The molecule has 3 nitrogen and oxygen atoms in total. The number of hydrogen-bond donors (Lipinski definition) is 0. The highest BCUT2D eigenvalue weighted by Gasteiger charge is 2.23. The summed E-state index contributed by atoms with van der Waals surface area (Å²) >= 11 is 5.79. The number of anilines is 1. The Hall–Kier alpha value is -1.78. The van der Waals surface area contributed by atoms with Crippen molar-refractivity contribution in [2.45, 2.75) is 4.90 Å². The van der Waals surface area contributed by atoms with E-state index in [-0.39, 0.29) is 11.4 Å². The number of halogens is 1. The first-order valence-corrected chi connectivity index (χ1v) is 7.82. The average Bonchev–Trinajstić information content (AvgIpc) is 2.46. The second-order valence-electron chi connectivity index (χ2n) is 4.11. The first kappa shape index (κ1) is 14.6. The summed E-state index contributed by atoms with van der Waals surface area (Å²) in [4.78, 5) is 0.201. The Balaban J connectivity index is 2.48. The predicted octanol–water partition coefficient (Wildman–Crippen LogP) is 3.72. The zero-order chi connectivity index (χ0) is 14.6. The number of nitrogens with zero attached hydrogens (tertiary/aromatic N) is 1. The summed E-state index contributed by atoms with van der Waals surface area (Å²) in [7, 11) is -3.63. The summed E-state index contributed by atoms with van der Waals surface area (Å²) in [6.45, 7) is 3.82. The highest BCUT2D eigenvalue weighted by atomic mass is 35.5. The maximum atomic E-state index is 12.7. The Bertz CT molecular complexity index is 682. The minimum Gasteiger partial charge on any atom is -0.263 e. The molecule has 5 heteroatoms. The van der Waals surface area contributed by atoms with Gasteiger partial charge in [-0.1, -0.05) is 35.9 Å². The van der Waals surface area contributed by atoms with Gasteiger partial charge in [-0.15, -0.1) is 6.58 Å². The van der Waals surface area contributed by atoms with Crippen LogP contribution in [0.4, 0.5) is 5.69 Å². The van der Waals surface area contributed by atoms with E-state index < -0.39 is 10.0 Å². The molecule has 0 fully saturated rings. The van der Waals surface area contributed by atoms with Crippen molar-refractivity contribution < 1.29 is 8.42 Å². The van der Waals surface area contributed by atoms with E-state index in [2.05, 4.69) is 6.58 Å². The van der Waals surface area contributed by atoms with Gasteiger partial charge in [0.05, 0.1) is 17.1 Å². The van der Waals surface area contributed by atoms with Crippen molar-refractivity contribution >= 4 is 27.3 Å². The molecular weight excluding hydrogens is 294 g/mol. The van der Waals surface area contributed by atoms with E-state index >= 15 is 0 Å². The van der Waals surface area contributed by atoms with Crippen molar-refractivity contribution in [1.82, 2.24) is 0 Å². The lowest BCUT2D eigenvalue weighted by atomic mass is 10.3. The average molecular weight is 308 g/mol. The van der Waals surface area contributed by atoms with Crippen LogP contribution in [0, 0.1) is 0 Å². The van der Waals surface area contributed by atoms with Crippen LogP contribution in [0.15, 0.2) is 72.1 Å². The summed E-state index contributed by atoms with van der Waals surface area (Å²) < 4.78 is 26.6. The number of para-hydroxylation sites is 1. The van der Waals surface area contributed by atoms with E-state index in [4.69, 9.17) is 11.6 Å². The van der Waals surface area contributed by atoms with Crippen LogP contribution >= 0.6 is 11.6 Å². The molecule has 0 bridgehead atoms. The molecule has 20 heavy (non-hydrogen) atoms. The molecule has 2 aromatic carbocycles. The molecule has 0 atom stereocenters. The van der Waals surface area contributed by atoms with E-state index in [0.29, 0.717) is 10.7 Å². The molecule has 0 aliphatic carbocycles. The maximum absolute atomic E-state index is 12.7. The third-order valence-electron chi connectivity index (χ3n) is 2.74. The van der Waals surface area contributed by atoms with Crippen LogP contribution in [0.3, 0.4) is 0 Å². The molecule has 0 heterocycles. The molecule has 0 unspecified atom stereocenters. The molecule has 104 valence electrons. The quantitative estimate of drug-likeness (QED) is 0.789. The van der Waals surface area contributed by atoms with Crippen molar-refractivity contribution in [1.29, 1.82) is 0 Å². The Morgan fingerprint density at radius 2 is 1.65 bits per heavy atom.